The Morgan fingerprint density at radius 2 is 1.83 bits per heavy atom. The highest BCUT2D eigenvalue weighted by molar-refractivity contribution is 6.30. The molecule has 46 heavy (non-hydrogen) atoms. The van der Waals surface area contributed by atoms with E-state index >= 15 is 0 Å². The predicted molar refractivity (Wildman–Crippen MR) is 162 cm³/mol. The first-order chi connectivity index (χ1) is 21.4. The van der Waals surface area contributed by atoms with Crippen LogP contribution in [0, 0.1) is 12.3 Å². The van der Waals surface area contributed by atoms with Gasteiger partial charge in [-0.25, -0.2) is 14.3 Å². The molecule has 12 nitrogen and oxygen atoms in total. The van der Waals surface area contributed by atoms with Crippen LogP contribution in [0.1, 0.15) is 57.4 Å². The zero-order valence-electron chi connectivity index (χ0n) is 25.7. The summed E-state index contributed by atoms with van der Waals surface area (Å²) in [6.07, 6.45) is -5.21. The van der Waals surface area contributed by atoms with E-state index in [-0.39, 0.29) is 46.9 Å². The zero-order chi connectivity index (χ0) is 33.6. The third-order valence-corrected chi connectivity index (χ3v) is 8.29. The number of rotatable bonds is 6. The van der Waals surface area contributed by atoms with Crippen LogP contribution in [0.3, 0.4) is 0 Å². The summed E-state index contributed by atoms with van der Waals surface area (Å²) < 4.78 is 55.9. The molecule has 0 saturated carbocycles. The Balaban J connectivity index is 1.36. The fourth-order valence-electron chi connectivity index (χ4n) is 5.93. The van der Waals surface area contributed by atoms with E-state index in [1.165, 1.54) is 40.0 Å². The van der Waals surface area contributed by atoms with E-state index in [0.29, 0.717) is 31.6 Å². The van der Waals surface area contributed by atoms with Crippen molar-refractivity contribution >= 4 is 35.4 Å². The number of carbonyl (C=O) groups excluding carboxylic acids is 1. The molecular formula is C30H35ClF3N7O5. The third-order valence-electron chi connectivity index (χ3n) is 8.06. The molecule has 3 aromatic rings. The maximum Gasteiger partial charge on any atom is 0.429 e. The van der Waals surface area contributed by atoms with Gasteiger partial charge < -0.3 is 25.2 Å². The molecule has 2 atom stereocenters. The van der Waals surface area contributed by atoms with Crippen molar-refractivity contribution in [2.75, 3.05) is 30.3 Å². The second kappa shape index (κ2) is 12.2. The molecule has 1 aromatic carbocycles. The van der Waals surface area contributed by atoms with Crippen molar-refractivity contribution in [1.82, 2.24) is 24.6 Å². The van der Waals surface area contributed by atoms with Gasteiger partial charge in [0.2, 0.25) is 17.9 Å². The van der Waals surface area contributed by atoms with E-state index in [1.54, 1.807) is 33.8 Å². The van der Waals surface area contributed by atoms with Crippen molar-refractivity contribution in [3.05, 3.63) is 52.8 Å². The van der Waals surface area contributed by atoms with Crippen molar-refractivity contribution < 1.29 is 37.3 Å². The second-order valence-corrected chi connectivity index (χ2v) is 13.2. The van der Waals surface area contributed by atoms with Crippen LogP contribution >= 0.6 is 11.6 Å². The van der Waals surface area contributed by atoms with Gasteiger partial charge in [-0.2, -0.15) is 28.2 Å². The number of amides is 1. The van der Waals surface area contributed by atoms with Crippen LogP contribution in [0.4, 0.5) is 29.7 Å². The average Bonchev–Trinajstić information content (AvgIpc) is 3.55. The van der Waals surface area contributed by atoms with Crippen molar-refractivity contribution in [2.24, 2.45) is 5.41 Å². The Kier molecular flexibility index (Phi) is 8.75. The molecule has 3 N–H and O–H groups in total. The summed E-state index contributed by atoms with van der Waals surface area (Å²) in [7, 11) is 0. The number of aromatic nitrogens is 4. The van der Waals surface area contributed by atoms with Crippen LogP contribution in [0.2, 0.25) is 5.02 Å². The number of benzene rings is 1. The monoisotopic (exact) mass is 665 g/mol. The van der Waals surface area contributed by atoms with Gasteiger partial charge in [0, 0.05) is 42.5 Å². The number of piperidine rings is 1. The van der Waals surface area contributed by atoms with Gasteiger partial charge in [0.05, 0.1) is 11.4 Å². The molecule has 0 unspecified atom stereocenters. The van der Waals surface area contributed by atoms with Crippen molar-refractivity contribution in [3.63, 3.8) is 0 Å². The molecule has 4 heterocycles. The second-order valence-electron chi connectivity index (χ2n) is 12.7. The van der Waals surface area contributed by atoms with Gasteiger partial charge in [0.1, 0.15) is 17.5 Å². The Morgan fingerprint density at radius 3 is 2.41 bits per heavy atom. The number of carboxylic acid groups (broad SMARTS) is 1. The highest BCUT2D eigenvalue weighted by Crippen LogP contribution is 2.45. The number of halogens is 4. The highest BCUT2D eigenvalue weighted by Gasteiger charge is 2.51. The van der Waals surface area contributed by atoms with E-state index < -0.39 is 41.4 Å². The number of nitrogens with zero attached hydrogens (tertiary/aromatic N) is 6. The van der Waals surface area contributed by atoms with Crippen LogP contribution in [0.25, 0.3) is 5.69 Å². The molecule has 0 aliphatic carbocycles. The molecule has 0 radical (unpaired) electrons. The molecule has 1 amide bonds. The van der Waals surface area contributed by atoms with Crippen LogP contribution in [0.15, 0.2) is 36.5 Å². The SMILES string of the molecule is Cc1ccn(-c2cc(Cl)ccc2[C@@H](Oc2cc(N3CCC4(CC3)C[C@@H](C(=O)O)N(C(=O)OC(C)(C)C)C4)nc(N)n2)C(F)(F)F)n1. The number of hydrogen-bond donors (Lipinski definition) is 2. The number of carbonyl (C=O) groups is 2. The number of nitrogen functional groups attached to an aromatic ring is 1. The number of aliphatic carboxylic acids is 1. The van der Waals surface area contributed by atoms with Crippen LogP contribution in [-0.4, -0.2) is 79.3 Å². The first kappa shape index (κ1) is 33.1. The maximum absolute atomic E-state index is 14.5. The van der Waals surface area contributed by atoms with Crippen LogP contribution < -0.4 is 15.4 Å². The van der Waals surface area contributed by atoms with Gasteiger partial charge in [-0.1, -0.05) is 17.7 Å². The highest BCUT2D eigenvalue weighted by atomic mass is 35.5. The number of likely N-dealkylation sites (tertiary alicyclic amines) is 1. The lowest BCUT2D eigenvalue weighted by atomic mass is 9.76. The normalized spacial score (nSPS) is 18.9. The lowest BCUT2D eigenvalue weighted by Gasteiger charge is -2.39. The topological polar surface area (TPSA) is 149 Å². The molecule has 5 rings (SSSR count). The van der Waals surface area contributed by atoms with Gasteiger partial charge in [-0.15, -0.1) is 0 Å². The van der Waals surface area contributed by atoms with E-state index in [4.69, 9.17) is 26.8 Å². The van der Waals surface area contributed by atoms with Gasteiger partial charge in [-0.3, -0.25) is 4.90 Å². The Morgan fingerprint density at radius 1 is 1.13 bits per heavy atom. The number of anilines is 2. The smallest absolute Gasteiger partial charge is 0.429 e. The molecule has 1 spiro atoms. The maximum atomic E-state index is 14.5. The molecule has 248 valence electrons. The summed E-state index contributed by atoms with van der Waals surface area (Å²) in [6.45, 7) is 7.81. The molecule has 2 saturated heterocycles. The molecule has 2 aliphatic rings. The summed E-state index contributed by atoms with van der Waals surface area (Å²) in [5.41, 5.74) is 5.12. The molecule has 16 heteroatoms. The van der Waals surface area contributed by atoms with E-state index in [0.717, 1.165) is 0 Å². The Labute approximate surface area is 268 Å². The predicted octanol–water partition coefficient (Wildman–Crippen LogP) is 5.57. The molecular weight excluding hydrogens is 631 g/mol. The Bertz CT molecular complexity index is 1620. The van der Waals surface area contributed by atoms with Gasteiger partial charge in [0.25, 0.3) is 0 Å². The molecule has 2 aliphatic heterocycles. The fourth-order valence-corrected chi connectivity index (χ4v) is 6.09. The number of alkyl halides is 3. The minimum Gasteiger partial charge on any atom is -0.480 e. The van der Waals surface area contributed by atoms with Crippen LogP contribution in [0.5, 0.6) is 5.88 Å². The van der Waals surface area contributed by atoms with Crippen molar-refractivity contribution in [2.45, 2.75) is 70.9 Å². The fraction of sp³-hybridized carbons (Fsp3) is 0.500. The number of hydrogen-bond acceptors (Lipinski definition) is 9. The largest absolute Gasteiger partial charge is 0.480 e. The zero-order valence-corrected chi connectivity index (χ0v) is 26.5. The van der Waals surface area contributed by atoms with E-state index in [1.807, 2.05) is 4.90 Å². The van der Waals surface area contributed by atoms with Crippen molar-refractivity contribution in [1.29, 1.82) is 0 Å². The summed E-state index contributed by atoms with van der Waals surface area (Å²) in [4.78, 5) is 36.2. The summed E-state index contributed by atoms with van der Waals surface area (Å²) in [5, 5.41) is 14.3. The van der Waals surface area contributed by atoms with Crippen LogP contribution in [-0.2, 0) is 9.53 Å². The number of ether oxygens (including phenoxy) is 2. The summed E-state index contributed by atoms with van der Waals surface area (Å²) in [5.74, 6) is -1.52. The third kappa shape index (κ3) is 7.24. The number of carboxylic acids is 1. The quantitative estimate of drug-likeness (QED) is 0.342. The summed E-state index contributed by atoms with van der Waals surface area (Å²) >= 11 is 6.14. The van der Waals surface area contributed by atoms with E-state index in [2.05, 4.69) is 15.1 Å². The first-order valence-corrected chi connectivity index (χ1v) is 15.0. The summed E-state index contributed by atoms with van der Waals surface area (Å²) in [6, 6.07) is 5.85. The van der Waals surface area contributed by atoms with Crippen molar-refractivity contribution in [3.8, 4) is 11.6 Å². The molecule has 2 fully saturated rings. The number of aryl methyl sites for hydroxylation is 1. The van der Waals surface area contributed by atoms with Gasteiger partial charge in [-0.05, 0) is 70.6 Å². The average molecular weight is 666 g/mol. The number of nitrogens with two attached hydrogens (primary N) is 1. The van der Waals surface area contributed by atoms with Gasteiger partial charge in [0.15, 0.2) is 0 Å². The minimum absolute atomic E-state index is 0.0863. The van der Waals surface area contributed by atoms with E-state index in [9.17, 15) is 27.9 Å². The first-order valence-electron chi connectivity index (χ1n) is 14.6. The Hall–Kier alpha value is -4.27. The molecule has 0 bridgehead atoms. The standard InChI is InChI=1S/C30H35ClF3N7O5/c1-17-7-10-41(38-17)20-13-18(31)5-6-19(20)24(30(32,33)34)45-23-14-22(36-26(35)37-23)39-11-8-29(9-12-39)15-21(25(42)43)40(16-29)27(44)46-28(2,3)4/h5-7,10,13-14,21,24H,8-9,11-12,15-16H2,1-4H3,(H,42,43)(H2,35,36,37)/t21-,24+/m0/s1. The lowest BCUT2D eigenvalue weighted by Crippen LogP contribution is -2.45. The lowest BCUT2D eigenvalue weighted by molar-refractivity contribution is -0.198. The van der Waals surface area contributed by atoms with Gasteiger partial charge >= 0.3 is 18.2 Å². The molecule has 2 aromatic heterocycles. The minimum atomic E-state index is -4.86.